The fourth-order valence-electron chi connectivity index (χ4n) is 2.97. The van der Waals surface area contributed by atoms with Crippen LogP contribution in [0.5, 0.6) is 5.75 Å². The number of alkyl carbamates (subject to hydrolysis) is 2. The standard InChI is InChI=1S/C23H37N3O8/c1-22(2,3)33-20(30)25-15(13-27)9-8-14-11-24-12-18(28)16(14)10-17(19(29)32-7)26-21(31)34-23(4,5)6/h11-12,15,17,27-28H,8-10,13H2,1-7H3,(H,25,30)(H,26,31)/t15-,17-/m0/s1. The summed E-state index contributed by atoms with van der Waals surface area (Å²) in [5, 5.41) is 25.1. The van der Waals surface area contributed by atoms with Crippen LogP contribution in [0.4, 0.5) is 9.59 Å². The molecular formula is C23H37N3O8. The second-order valence-corrected chi connectivity index (χ2v) is 9.79. The Morgan fingerprint density at radius 3 is 2.06 bits per heavy atom. The average molecular weight is 484 g/mol. The zero-order chi connectivity index (χ0) is 26.1. The molecule has 11 heteroatoms. The second kappa shape index (κ2) is 12.4. The van der Waals surface area contributed by atoms with Gasteiger partial charge in [-0.2, -0.15) is 0 Å². The number of aryl methyl sites for hydroxylation is 1. The molecule has 2 atom stereocenters. The molecule has 0 radical (unpaired) electrons. The lowest BCUT2D eigenvalue weighted by molar-refractivity contribution is -0.143. The number of pyridine rings is 1. The van der Waals surface area contributed by atoms with Crippen molar-refractivity contribution in [2.75, 3.05) is 13.7 Å². The molecule has 0 bridgehead atoms. The van der Waals surface area contributed by atoms with Crippen molar-refractivity contribution in [3.8, 4) is 5.75 Å². The van der Waals surface area contributed by atoms with Gasteiger partial charge >= 0.3 is 18.2 Å². The maximum atomic E-state index is 12.3. The summed E-state index contributed by atoms with van der Waals surface area (Å²) >= 11 is 0. The fraction of sp³-hybridized carbons (Fsp3) is 0.652. The Hall–Kier alpha value is -3.08. The molecule has 0 saturated carbocycles. The number of amides is 2. The van der Waals surface area contributed by atoms with E-state index in [1.54, 1.807) is 41.5 Å². The number of rotatable bonds is 9. The van der Waals surface area contributed by atoms with E-state index in [9.17, 15) is 24.6 Å². The van der Waals surface area contributed by atoms with Gasteiger partial charge in [0, 0.05) is 18.2 Å². The van der Waals surface area contributed by atoms with Crippen LogP contribution in [-0.2, 0) is 31.8 Å². The van der Waals surface area contributed by atoms with Crippen molar-refractivity contribution in [2.24, 2.45) is 0 Å². The molecule has 1 aromatic rings. The molecule has 192 valence electrons. The van der Waals surface area contributed by atoms with Gasteiger partial charge in [0.05, 0.1) is 26.0 Å². The van der Waals surface area contributed by atoms with Gasteiger partial charge in [0.15, 0.2) is 0 Å². The number of nitrogens with zero attached hydrogens (tertiary/aromatic N) is 1. The van der Waals surface area contributed by atoms with Crippen LogP contribution in [0.15, 0.2) is 12.4 Å². The lowest BCUT2D eigenvalue weighted by Gasteiger charge is -2.24. The maximum absolute atomic E-state index is 12.3. The summed E-state index contributed by atoms with van der Waals surface area (Å²) in [5.41, 5.74) is -0.509. The first kappa shape index (κ1) is 29.0. The van der Waals surface area contributed by atoms with Crippen LogP contribution >= 0.6 is 0 Å². The Morgan fingerprint density at radius 1 is 1.00 bits per heavy atom. The molecule has 1 aromatic heterocycles. The molecule has 0 aliphatic carbocycles. The van der Waals surface area contributed by atoms with Crippen molar-refractivity contribution in [1.82, 2.24) is 15.6 Å². The van der Waals surface area contributed by atoms with E-state index in [0.717, 1.165) is 0 Å². The van der Waals surface area contributed by atoms with E-state index in [0.29, 0.717) is 24.0 Å². The van der Waals surface area contributed by atoms with Crippen LogP contribution in [0.1, 0.15) is 59.1 Å². The highest BCUT2D eigenvalue weighted by molar-refractivity contribution is 5.81. The van der Waals surface area contributed by atoms with E-state index in [-0.39, 0.29) is 18.8 Å². The minimum atomic E-state index is -1.12. The number of aromatic hydroxyl groups is 1. The summed E-state index contributed by atoms with van der Waals surface area (Å²) < 4.78 is 15.2. The number of methoxy groups -OCH3 is 1. The van der Waals surface area contributed by atoms with E-state index in [1.807, 2.05) is 0 Å². The number of aromatic nitrogens is 1. The van der Waals surface area contributed by atoms with E-state index >= 15 is 0 Å². The number of nitrogens with one attached hydrogen (secondary N) is 2. The van der Waals surface area contributed by atoms with Crippen LogP contribution in [0, 0.1) is 0 Å². The van der Waals surface area contributed by atoms with E-state index < -0.39 is 41.4 Å². The quantitative estimate of drug-likeness (QED) is 0.305. The third-order valence-corrected chi connectivity index (χ3v) is 4.41. The Labute approximate surface area is 200 Å². The number of ether oxygens (including phenoxy) is 3. The zero-order valence-electron chi connectivity index (χ0n) is 20.9. The van der Waals surface area contributed by atoms with Crippen LogP contribution in [0.25, 0.3) is 0 Å². The SMILES string of the molecule is COC(=O)[C@H](Cc1c(O)cncc1CC[C@@H](CO)NC(=O)OC(C)(C)C)NC(=O)OC(C)(C)C. The number of carbonyl (C=O) groups excluding carboxylic acids is 3. The molecule has 1 rings (SSSR count). The summed E-state index contributed by atoms with van der Waals surface area (Å²) in [6.07, 6.45) is 1.79. The Bertz CT molecular complexity index is 846. The Morgan fingerprint density at radius 2 is 1.56 bits per heavy atom. The van der Waals surface area contributed by atoms with Crippen molar-refractivity contribution in [2.45, 2.75) is 84.1 Å². The molecule has 0 saturated heterocycles. The Balaban J connectivity index is 2.98. The van der Waals surface area contributed by atoms with E-state index in [2.05, 4.69) is 15.6 Å². The van der Waals surface area contributed by atoms with Gasteiger partial charge in [-0.25, -0.2) is 14.4 Å². The average Bonchev–Trinajstić information content (AvgIpc) is 2.68. The molecule has 34 heavy (non-hydrogen) atoms. The zero-order valence-corrected chi connectivity index (χ0v) is 20.9. The molecule has 0 spiro atoms. The fourth-order valence-corrected chi connectivity index (χ4v) is 2.97. The topological polar surface area (TPSA) is 156 Å². The number of carbonyl (C=O) groups is 3. The maximum Gasteiger partial charge on any atom is 0.408 e. The van der Waals surface area contributed by atoms with Crippen molar-refractivity contribution in [1.29, 1.82) is 0 Å². The highest BCUT2D eigenvalue weighted by Gasteiger charge is 2.28. The third kappa shape index (κ3) is 10.7. The van der Waals surface area contributed by atoms with Crippen molar-refractivity contribution in [3.05, 3.63) is 23.5 Å². The smallest absolute Gasteiger partial charge is 0.408 e. The number of hydrogen-bond acceptors (Lipinski definition) is 9. The molecule has 0 unspecified atom stereocenters. The number of hydrogen-bond donors (Lipinski definition) is 4. The highest BCUT2D eigenvalue weighted by Crippen LogP contribution is 2.24. The van der Waals surface area contributed by atoms with E-state index in [1.165, 1.54) is 19.5 Å². The molecule has 0 aliphatic heterocycles. The van der Waals surface area contributed by atoms with Gasteiger partial charge in [-0.1, -0.05) is 0 Å². The number of aliphatic hydroxyl groups excluding tert-OH is 1. The first-order valence-corrected chi connectivity index (χ1v) is 11.0. The van der Waals surface area contributed by atoms with Crippen LogP contribution < -0.4 is 10.6 Å². The normalized spacial score (nSPS) is 13.4. The van der Waals surface area contributed by atoms with E-state index in [4.69, 9.17) is 14.2 Å². The minimum absolute atomic E-state index is 0.0844. The lowest BCUT2D eigenvalue weighted by Crippen LogP contribution is -2.45. The first-order chi connectivity index (χ1) is 15.6. The van der Waals surface area contributed by atoms with Crippen LogP contribution in [0.3, 0.4) is 0 Å². The second-order valence-electron chi connectivity index (χ2n) is 9.79. The highest BCUT2D eigenvalue weighted by atomic mass is 16.6. The van der Waals surface area contributed by atoms with Gasteiger partial charge in [0.1, 0.15) is 23.0 Å². The number of aliphatic hydroxyl groups is 1. The van der Waals surface area contributed by atoms with Gasteiger partial charge in [-0.3, -0.25) is 4.98 Å². The summed E-state index contributed by atoms with van der Waals surface area (Å²) in [6, 6.07) is -1.73. The monoisotopic (exact) mass is 483 g/mol. The largest absolute Gasteiger partial charge is 0.506 e. The summed E-state index contributed by atoms with van der Waals surface area (Å²) in [5.74, 6) is -0.883. The van der Waals surface area contributed by atoms with Crippen molar-refractivity contribution in [3.63, 3.8) is 0 Å². The minimum Gasteiger partial charge on any atom is -0.506 e. The van der Waals surface area contributed by atoms with Crippen molar-refractivity contribution < 1.29 is 38.8 Å². The predicted molar refractivity (Wildman–Crippen MR) is 123 cm³/mol. The van der Waals surface area contributed by atoms with Gasteiger partial charge in [0.2, 0.25) is 0 Å². The molecule has 0 aromatic carbocycles. The molecular weight excluding hydrogens is 446 g/mol. The summed E-state index contributed by atoms with van der Waals surface area (Å²) in [4.78, 5) is 40.5. The molecule has 11 nitrogen and oxygen atoms in total. The molecule has 4 N–H and O–H groups in total. The van der Waals surface area contributed by atoms with Gasteiger partial charge in [-0.15, -0.1) is 0 Å². The first-order valence-electron chi connectivity index (χ1n) is 11.0. The Kier molecular flexibility index (Phi) is 10.6. The third-order valence-electron chi connectivity index (χ3n) is 4.41. The lowest BCUT2D eigenvalue weighted by atomic mass is 9.96. The molecule has 1 heterocycles. The summed E-state index contributed by atoms with van der Waals surface area (Å²) in [7, 11) is 1.19. The summed E-state index contributed by atoms with van der Waals surface area (Å²) in [6.45, 7) is 9.93. The number of esters is 1. The van der Waals surface area contributed by atoms with Gasteiger partial charge in [-0.05, 0) is 59.9 Å². The predicted octanol–water partition coefficient (Wildman–Crippen LogP) is 2.21. The van der Waals surface area contributed by atoms with Gasteiger partial charge in [0.25, 0.3) is 0 Å². The molecule has 0 fully saturated rings. The van der Waals surface area contributed by atoms with Gasteiger partial charge < -0.3 is 35.1 Å². The molecule has 0 aliphatic rings. The van der Waals surface area contributed by atoms with Crippen LogP contribution in [-0.4, -0.2) is 70.4 Å². The van der Waals surface area contributed by atoms with Crippen LogP contribution in [0.2, 0.25) is 0 Å². The van der Waals surface area contributed by atoms with Crippen molar-refractivity contribution >= 4 is 18.2 Å². The molecule has 2 amide bonds.